The van der Waals surface area contributed by atoms with Crippen LogP contribution in [0.4, 0.5) is 8.78 Å². The van der Waals surface area contributed by atoms with Gasteiger partial charge in [0.1, 0.15) is 10.6 Å². The van der Waals surface area contributed by atoms with Crippen LogP contribution in [-0.2, 0) is 24.1 Å². The molecule has 0 amide bonds. The number of ether oxygens (including phenoxy) is 1. The van der Waals surface area contributed by atoms with Gasteiger partial charge in [-0.1, -0.05) is 18.0 Å². The van der Waals surface area contributed by atoms with Crippen molar-refractivity contribution in [1.29, 1.82) is 0 Å². The molecule has 0 radical (unpaired) electrons. The Morgan fingerprint density at radius 3 is 2.30 bits per heavy atom. The number of rotatable bonds is 2. The van der Waals surface area contributed by atoms with E-state index < -0.39 is 47.1 Å². The summed E-state index contributed by atoms with van der Waals surface area (Å²) in [6.45, 7) is -0.0431. The Labute approximate surface area is 198 Å². The van der Waals surface area contributed by atoms with Gasteiger partial charge in [-0.3, -0.25) is 4.21 Å². The molecule has 2 aliphatic heterocycles. The van der Waals surface area contributed by atoms with E-state index in [1.165, 1.54) is 24.3 Å². The zero-order valence-electron chi connectivity index (χ0n) is 18.0. The normalized spacial score (nSPS) is 33.7. The van der Waals surface area contributed by atoms with E-state index in [0.29, 0.717) is 35.8 Å². The van der Waals surface area contributed by atoms with Gasteiger partial charge in [-0.2, -0.15) is 0 Å². The van der Waals surface area contributed by atoms with E-state index in [4.69, 9.17) is 16.3 Å². The third kappa shape index (κ3) is 3.35. The predicted octanol–water partition coefficient (Wildman–Crippen LogP) is 4.98. The molecular weight excluding hydrogens is 490 g/mol. The van der Waals surface area contributed by atoms with Crippen LogP contribution in [0.25, 0.3) is 0 Å². The Hall–Kier alpha value is -1.64. The van der Waals surface area contributed by atoms with Gasteiger partial charge in [-0.25, -0.2) is 17.2 Å². The molecule has 2 atom stereocenters. The van der Waals surface area contributed by atoms with Gasteiger partial charge in [0.2, 0.25) is 0 Å². The Morgan fingerprint density at radius 2 is 1.64 bits per heavy atom. The minimum Gasteiger partial charge on any atom is -0.490 e. The van der Waals surface area contributed by atoms with Crippen LogP contribution in [0.2, 0.25) is 5.02 Å². The molecule has 9 heteroatoms. The highest BCUT2D eigenvalue weighted by molar-refractivity contribution is 8.00. The van der Waals surface area contributed by atoms with Crippen molar-refractivity contribution in [2.24, 2.45) is 11.3 Å². The summed E-state index contributed by atoms with van der Waals surface area (Å²) >= 11 is 6.00. The zero-order chi connectivity index (χ0) is 23.6. The van der Waals surface area contributed by atoms with Crippen molar-refractivity contribution < 1.29 is 26.1 Å². The zero-order valence-corrected chi connectivity index (χ0v) is 20.4. The van der Waals surface area contributed by atoms with Gasteiger partial charge in [-0.15, -0.1) is 0 Å². The third-order valence-corrected chi connectivity index (χ3v) is 12.6. The highest BCUT2D eigenvalue weighted by Gasteiger charge is 2.65. The van der Waals surface area contributed by atoms with Crippen LogP contribution in [0.15, 0.2) is 41.3 Å². The minimum atomic E-state index is -4.19. The van der Waals surface area contributed by atoms with E-state index >= 15 is 4.39 Å². The standard InChI is InChI=1S/C24H25ClF2O4S2/c1-32(28)13-11-23(12-14-32)9-2-10-24(33(29,30)17-5-3-16(25)4-6-17)20(23)15-31-22-19(27)8-7-18(26)21(22)24/h3-8,20H,1-2,9-15H2/t20-,23?,24-,32?/m0/s1. The minimum absolute atomic E-state index is 0.0159. The van der Waals surface area contributed by atoms with Crippen molar-refractivity contribution in [3.8, 4) is 5.75 Å². The van der Waals surface area contributed by atoms with Crippen molar-refractivity contribution >= 4 is 36.8 Å². The molecule has 1 aliphatic carbocycles. The predicted molar refractivity (Wildman–Crippen MR) is 126 cm³/mol. The Morgan fingerprint density at radius 1 is 1.00 bits per heavy atom. The maximum atomic E-state index is 15.5. The summed E-state index contributed by atoms with van der Waals surface area (Å²) in [4.78, 5) is 0.0159. The first-order chi connectivity index (χ1) is 15.5. The largest absolute Gasteiger partial charge is 0.490 e. The van der Waals surface area contributed by atoms with Crippen LogP contribution >= 0.6 is 11.6 Å². The molecule has 33 heavy (non-hydrogen) atoms. The number of halogens is 3. The van der Waals surface area contributed by atoms with Crippen LogP contribution in [0.3, 0.4) is 0 Å². The summed E-state index contributed by atoms with van der Waals surface area (Å²) in [5.41, 5.74) is -0.721. The van der Waals surface area contributed by atoms with Crippen molar-refractivity contribution in [2.75, 3.05) is 18.1 Å². The number of sulfone groups is 1. The lowest BCUT2D eigenvalue weighted by molar-refractivity contribution is -0.00794. The monoisotopic (exact) mass is 514 g/mol. The summed E-state index contributed by atoms with van der Waals surface area (Å²) in [5.74, 6) is 2.13. The highest BCUT2D eigenvalue weighted by Crippen LogP contribution is 2.64. The van der Waals surface area contributed by atoms with Crippen LogP contribution in [0.5, 0.6) is 5.75 Å². The van der Waals surface area contributed by atoms with E-state index in [2.05, 4.69) is 5.87 Å². The van der Waals surface area contributed by atoms with E-state index in [1.54, 1.807) is 0 Å². The summed E-state index contributed by atoms with van der Waals surface area (Å²) in [6, 6.07) is 7.75. The number of benzene rings is 2. The van der Waals surface area contributed by atoms with E-state index in [-0.39, 0.29) is 29.2 Å². The Balaban J connectivity index is 1.79. The lowest BCUT2D eigenvalue weighted by Gasteiger charge is -2.57. The maximum absolute atomic E-state index is 15.5. The lowest BCUT2D eigenvalue weighted by atomic mass is 9.56. The molecule has 1 saturated heterocycles. The van der Waals surface area contributed by atoms with Gasteiger partial charge < -0.3 is 4.74 Å². The summed E-state index contributed by atoms with van der Waals surface area (Å²) in [7, 11) is -6.41. The molecule has 4 nitrogen and oxygen atoms in total. The second-order valence-corrected chi connectivity index (χ2v) is 14.9. The molecule has 5 rings (SSSR count). The SMILES string of the molecule is C=S1(=O)CCC2(CCC[C@@]3(S(=O)(=O)c4ccc(Cl)cc4)c4c(F)ccc(F)c4OC[C@@H]23)CC1. The van der Waals surface area contributed by atoms with Gasteiger partial charge in [0.05, 0.1) is 17.1 Å². The molecular formula is C24H25ClF2O4S2. The van der Waals surface area contributed by atoms with Gasteiger partial charge in [0, 0.05) is 22.4 Å². The maximum Gasteiger partial charge on any atom is 0.188 e. The van der Waals surface area contributed by atoms with E-state index in [1.807, 2.05) is 0 Å². The third-order valence-electron chi connectivity index (χ3n) is 7.95. The number of hydrogen-bond acceptors (Lipinski definition) is 4. The topological polar surface area (TPSA) is 60.4 Å². The van der Waals surface area contributed by atoms with Crippen LogP contribution < -0.4 is 4.74 Å². The molecule has 0 aromatic heterocycles. The molecule has 0 unspecified atom stereocenters. The molecule has 2 heterocycles. The Bertz CT molecular complexity index is 1310. The van der Waals surface area contributed by atoms with Crippen molar-refractivity contribution in [2.45, 2.75) is 41.7 Å². The molecule has 2 fully saturated rings. The molecule has 0 bridgehead atoms. The molecule has 1 spiro atoms. The van der Waals surface area contributed by atoms with Crippen LogP contribution in [-0.4, -0.2) is 36.6 Å². The second-order valence-electron chi connectivity index (χ2n) is 9.53. The van der Waals surface area contributed by atoms with E-state index in [0.717, 1.165) is 18.6 Å². The average Bonchev–Trinajstić information content (AvgIpc) is 2.78. The van der Waals surface area contributed by atoms with Crippen molar-refractivity contribution in [1.82, 2.24) is 0 Å². The van der Waals surface area contributed by atoms with Gasteiger partial charge in [0.15, 0.2) is 21.4 Å². The fourth-order valence-electron chi connectivity index (χ4n) is 6.28. The quantitative estimate of drug-likeness (QED) is 0.530. The molecule has 3 aliphatic rings. The average molecular weight is 515 g/mol. The summed E-state index contributed by atoms with van der Waals surface area (Å²) < 4.78 is 75.7. The first kappa shape index (κ1) is 23.1. The lowest BCUT2D eigenvalue weighted by Crippen LogP contribution is -2.59. The fraction of sp³-hybridized carbons (Fsp3) is 0.458. The molecule has 0 N–H and O–H groups in total. The fourth-order valence-corrected chi connectivity index (χ4v) is 10.6. The Kier molecular flexibility index (Phi) is 5.38. The van der Waals surface area contributed by atoms with Gasteiger partial charge >= 0.3 is 0 Å². The number of fused-ring (bicyclic) bond motifs is 4. The first-order valence-corrected chi connectivity index (χ1v) is 14.9. The van der Waals surface area contributed by atoms with Crippen molar-refractivity contribution in [3.63, 3.8) is 0 Å². The molecule has 1 saturated carbocycles. The molecule has 178 valence electrons. The smallest absolute Gasteiger partial charge is 0.188 e. The van der Waals surface area contributed by atoms with Crippen LogP contribution in [0, 0.1) is 23.0 Å². The first-order valence-electron chi connectivity index (χ1n) is 11.0. The van der Waals surface area contributed by atoms with Crippen LogP contribution in [0.1, 0.15) is 37.7 Å². The second kappa shape index (κ2) is 7.68. The van der Waals surface area contributed by atoms with E-state index in [9.17, 15) is 17.0 Å². The summed E-state index contributed by atoms with van der Waals surface area (Å²) in [5, 5.41) is 0.380. The molecule has 2 aromatic carbocycles. The number of hydrogen-bond donors (Lipinski definition) is 0. The van der Waals surface area contributed by atoms with Gasteiger partial charge in [-0.05, 0) is 82.9 Å². The summed E-state index contributed by atoms with van der Waals surface area (Å²) in [6.07, 6.45) is 2.44. The van der Waals surface area contributed by atoms with Crippen molar-refractivity contribution in [3.05, 3.63) is 58.6 Å². The molecule has 2 aromatic rings. The highest BCUT2D eigenvalue weighted by atomic mass is 35.5. The van der Waals surface area contributed by atoms with Gasteiger partial charge in [0.25, 0.3) is 0 Å².